The molecule has 0 saturated carbocycles. The summed E-state index contributed by atoms with van der Waals surface area (Å²) in [6, 6.07) is 9.97. The molecule has 0 spiro atoms. The Balaban J connectivity index is 2.41. The molecule has 0 atom stereocenters. The fourth-order valence-electron chi connectivity index (χ4n) is 1.94. The van der Waals surface area contributed by atoms with Gasteiger partial charge in [-0.15, -0.1) is 0 Å². The average Bonchev–Trinajstić information content (AvgIpc) is 2.87. The van der Waals surface area contributed by atoms with Gasteiger partial charge < -0.3 is 9.67 Å². The van der Waals surface area contributed by atoms with Crippen LogP contribution in [0.2, 0.25) is 0 Å². The van der Waals surface area contributed by atoms with E-state index < -0.39 is 16.0 Å². The predicted octanol–water partition coefficient (Wildman–Crippen LogP) is 1.70. The Morgan fingerprint density at radius 2 is 1.90 bits per heavy atom. The molecule has 1 aromatic heterocycles. The zero-order valence-corrected chi connectivity index (χ0v) is 12.3. The van der Waals surface area contributed by atoms with Crippen LogP contribution < -0.4 is 4.31 Å². The Bertz CT molecular complexity index is 722. The van der Waals surface area contributed by atoms with Crippen LogP contribution in [0.25, 0.3) is 0 Å². The number of aliphatic carboxylic acids is 1. The van der Waals surface area contributed by atoms with Crippen molar-refractivity contribution >= 4 is 21.7 Å². The Morgan fingerprint density at radius 3 is 2.43 bits per heavy atom. The summed E-state index contributed by atoms with van der Waals surface area (Å²) in [5.74, 6) is -1.04. The van der Waals surface area contributed by atoms with Crippen LogP contribution in [0.4, 0.5) is 5.69 Å². The maximum atomic E-state index is 12.7. The molecule has 0 fully saturated rings. The lowest BCUT2D eigenvalue weighted by Gasteiger charge is -2.23. The number of carboxylic acid groups (broad SMARTS) is 1. The lowest BCUT2D eigenvalue weighted by atomic mass is 10.3. The molecule has 7 heteroatoms. The number of carboxylic acids is 1. The molecule has 112 valence electrons. The normalized spacial score (nSPS) is 11.3. The molecule has 0 unspecified atom stereocenters. The zero-order chi connectivity index (χ0) is 15.5. The summed E-state index contributed by atoms with van der Waals surface area (Å²) in [6.45, 7) is -0.115. The molecule has 1 aromatic carbocycles. The number of carbonyl (C=O) groups is 1. The Hall–Kier alpha value is -2.28. The molecule has 0 amide bonds. The highest BCUT2D eigenvalue weighted by Crippen LogP contribution is 2.23. The minimum atomic E-state index is -3.78. The number of hydrogen-bond donors (Lipinski definition) is 1. The number of anilines is 1. The summed E-state index contributed by atoms with van der Waals surface area (Å²) in [5.41, 5.74) is 0.447. The highest BCUT2D eigenvalue weighted by atomic mass is 32.2. The van der Waals surface area contributed by atoms with E-state index >= 15 is 0 Å². The van der Waals surface area contributed by atoms with E-state index in [1.165, 1.54) is 12.3 Å². The molecule has 2 aromatic rings. The Labute approximate surface area is 123 Å². The van der Waals surface area contributed by atoms with E-state index in [0.717, 1.165) is 4.31 Å². The highest BCUT2D eigenvalue weighted by molar-refractivity contribution is 7.92. The minimum Gasteiger partial charge on any atom is -0.481 e. The molecule has 1 heterocycles. The third-order valence-corrected chi connectivity index (χ3v) is 4.78. The van der Waals surface area contributed by atoms with Crippen molar-refractivity contribution in [2.24, 2.45) is 7.05 Å². The first-order valence-corrected chi connectivity index (χ1v) is 7.77. The SMILES string of the molecule is Cn1ccc(S(=O)(=O)N(CCC(=O)O)c2ccccc2)c1. The first-order chi connectivity index (χ1) is 9.91. The van der Waals surface area contributed by atoms with Crippen LogP contribution in [0.5, 0.6) is 0 Å². The lowest BCUT2D eigenvalue weighted by molar-refractivity contribution is -0.136. The predicted molar refractivity (Wildman–Crippen MR) is 78.6 cm³/mol. The standard InChI is InChI=1S/C14H16N2O4S/c1-15-9-7-13(11-15)21(19,20)16(10-8-14(17)18)12-5-3-2-4-6-12/h2-7,9,11H,8,10H2,1H3,(H,17,18). The van der Waals surface area contributed by atoms with E-state index in [2.05, 4.69) is 0 Å². The summed E-state index contributed by atoms with van der Waals surface area (Å²) in [6.07, 6.45) is 2.86. The second-order valence-electron chi connectivity index (χ2n) is 4.57. The molecule has 0 aliphatic heterocycles. The van der Waals surface area contributed by atoms with Crippen LogP contribution in [0.1, 0.15) is 6.42 Å². The van der Waals surface area contributed by atoms with Crippen LogP contribution in [-0.4, -0.2) is 30.6 Å². The number of benzene rings is 1. The molecular formula is C14H16N2O4S. The topological polar surface area (TPSA) is 79.6 Å². The average molecular weight is 308 g/mol. The van der Waals surface area contributed by atoms with E-state index in [1.54, 1.807) is 48.1 Å². The van der Waals surface area contributed by atoms with Crippen LogP contribution in [-0.2, 0) is 21.9 Å². The zero-order valence-electron chi connectivity index (χ0n) is 11.5. The van der Waals surface area contributed by atoms with Gasteiger partial charge in [0.2, 0.25) is 0 Å². The summed E-state index contributed by atoms with van der Waals surface area (Å²) in [7, 11) is -2.05. The van der Waals surface area contributed by atoms with Crippen LogP contribution in [0.3, 0.4) is 0 Å². The number of sulfonamides is 1. The molecule has 0 aliphatic carbocycles. The minimum absolute atomic E-state index is 0.115. The van der Waals surface area contributed by atoms with Crippen LogP contribution >= 0.6 is 0 Å². The molecule has 6 nitrogen and oxygen atoms in total. The number of aromatic nitrogens is 1. The highest BCUT2D eigenvalue weighted by Gasteiger charge is 2.26. The van der Waals surface area contributed by atoms with Crippen molar-refractivity contribution in [1.82, 2.24) is 4.57 Å². The van der Waals surface area contributed by atoms with Gasteiger partial charge in [0, 0.05) is 26.0 Å². The van der Waals surface area contributed by atoms with Crippen molar-refractivity contribution in [3.8, 4) is 0 Å². The van der Waals surface area contributed by atoms with E-state index in [0.29, 0.717) is 5.69 Å². The number of rotatable bonds is 6. The molecule has 0 saturated heterocycles. The van der Waals surface area contributed by atoms with Gasteiger partial charge >= 0.3 is 5.97 Å². The van der Waals surface area contributed by atoms with E-state index in [1.807, 2.05) is 0 Å². The van der Waals surface area contributed by atoms with Crippen LogP contribution in [0.15, 0.2) is 53.7 Å². The van der Waals surface area contributed by atoms with Gasteiger partial charge in [0.25, 0.3) is 10.0 Å². The summed E-state index contributed by atoms with van der Waals surface area (Å²) >= 11 is 0. The van der Waals surface area contributed by atoms with Gasteiger partial charge in [-0.25, -0.2) is 8.42 Å². The van der Waals surface area contributed by atoms with Crippen LogP contribution in [0, 0.1) is 0 Å². The van der Waals surface area contributed by atoms with Crippen molar-refractivity contribution in [3.63, 3.8) is 0 Å². The molecule has 2 rings (SSSR count). The number of aryl methyl sites for hydroxylation is 1. The second kappa shape index (κ2) is 6.01. The molecule has 0 aliphatic rings. The summed E-state index contributed by atoms with van der Waals surface area (Å²) < 4.78 is 28.1. The van der Waals surface area contributed by atoms with Crippen molar-refractivity contribution in [3.05, 3.63) is 48.8 Å². The number of nitrogens with zero attached hydrogens (tertiary/aromatic N) is 2. The first kappa shape index (κ1) is 15.1. The fraction of sp³-hybridized carbons (Fsp3) is 0.214. The van der Waals surface area contributed by atoms with Gasteiger partial charge in [-0.2, -0.15) is 0 Å². The maximum Gasteiger partial charge on any atom is 0.305 e. The Kier molecular flexibility index (Phi) is 4.32. The largest absolute Gasteiger partial charge is 0.481 e. The fourth-order valence-corrected chi connectivity index (χ4v) is 3.45. The van der Waals surface area contributed by atoms with E-state index in [-0.39, 0.29) is 17.9 Å². The maximum absolute atomic E-state index is 12.7. The molecule has 21 heavy (non-hydrogen) atoms. The van der Waals surface area contributed by atoms with Crippen molar-refractivity contribution in [2.75, 3.05) is 10.8 Å². The van der Waals surface area contributed by atoms with Crippen molar-refractivity contribution in [2.45, 2.75) is 11.3 Å². The number of hydrogen-bond acceptors (Lipinski definition) is 3. The summed E-state index contributed by atoms with van der Waals surface area (Å²) in [5, 5.41) is 8.82. The second-order valence-corrected chi connectivity index (χ2v) is 6.43. The number of para-hydroxylation sites is 1. The van der Waals surface area contributed by atoms with Gasteiger partial charge in [0.1, 0.15) is 4.90 Å². The third kappa shape index (κ3) is 3.43. The quantitative estimate of drug-likeness (QED) is 0.881. The van der Waals surface area contributed by atoms with E-state index in [9.17, 15) is 13.2 Å². The third-order valence-electron chi connectivity index (χ3n) is 2.97. The van der Waals surface area contributed by atoms with Crippen molar-refractivity contribution in [1.29, 1.82) is 0 Å². The smallest absolute Gasteiger partial charge is 0.305 e. The van der Waals surface area contributed by atoms with E-state index in [4.69, 9.17) is 5.11 Å². The van der Waals surface area contributed by atoms with Gasteiger partial charge in [-0.1, -0.05) is 18.2 Å². The van der Waals surface area contributed by atoms with Crippen molar-refractivity contribution < 1.29 is 18.3 Å². The first-order valence-electron chi connectivity index (χ1n) is 6.33. The van der Waals surface area contributed by atoms with Gasteiger partial charge in [-0.3, -0.25) is 9.10 Å². The van der Waals surface area contributed by atoms with Gasteiger partial charge in [0.15, 0.2) is 0 Å². The molecule has 1 N–H and O–H groups in total. The van der Waals surface area contributed by atoms with Gasteiger partial charge in [0.05, 0.1) is 12.1 Å². The lowest BCUT2D eigenvalue weighted by Crippen LogP contribution is -2.32. The summed E-state index contributed by atoms with van der Waals surface area (Å²) in [4.78, 5) is 10.9. The molecule has 0 radical (unpaired) electrons. The van der Waals surface area contributed by atoms with Gasteiger partial charge in [-0.05, 0) is 18.2 Å². The molecular weight excluding hydrogens is 292 g/mol. The Morgan fingerprint density at radius 1 is 1.24 bits per heavy atom. The monoisotopic (exact) mass is 308 g/mol. The molecule has 0 bridgehead atoms.